The molecule has 0 unspecified atom stereocenters. The molecule has 0 bridgehead atoms. The van der Waals surface area contributed by atoms with Gasteiger partial charge in [0.2, 0.25) is 10.0 Å². The lowest BCUT2D eigenvalue weighted by atomic mass is 10.0. The molecular formula is C16H25N3O2S. The van der Waals surface area contributed by atoms with Crippen LogP contribution in [-0.2, 0) is 10.0 Å². The summed E-state index contributed by atoms with van der Waals surface area (Å²) in [6.45, 7) is 7.36. The van der Waals surface area contributed by atoms with Gasteiger partial charge in [-0.1, -0.05) is 6.92 Å². The monoisotopic (exact) mass is 323 g/mol. The average Bonchev–Trinajstić information content (AvgIpc) is 2.56. The van der Waals surface area contributed by atoms with Crippen LogP contribution in [0.15, 0.2) is 29.2 Å². The van der Waals surface area contributed by atoms with E-state index in [4.69, 9.17) is 0 Å². The van der Waals surface area contributed by atoms with E-state index in [0.29, 0.717) is 23.9 Å². The van der Waals surface area contributed by atoms with Crippen LogP contribution in [0.5, 0.6) is 0 Å². The normalized spacial score (nSPS) is 22.0. The van der Waals surface area contributed by atoms with Gasteiger partial charge in [0, 0.05) is 45.0 Å². The molecule has 2 aliphatic heterocycles. The fraction of sp³-hybridized carbons (Fsp3) is 0.625. The second-order valence-electron chi connectivity index (χ2n) is 6.32. The lowest BCUT2D eigenvalue weighted by molar-refractivity contribution is 0.288. The smallest absolute Gasteiger partial charge is 0.243 e. The summed E-state index contributed by atoms with van der Waals surface area (Å²) in [5.74, 6) is 0.626. The third-order valence-corrected chi connectivity index (χ3v) is 6.61. The third-order valence-electron chi connectivity index (χ3n) is 4.70. The number of hydrogen-bond acceptors (Lipinski definition) is 4. The molecule has 0 radical (unpaired) electrons. The molecule has 0 aliphatic carbocycles. The number of nitrogens with zero attached hydrogens (tertiary/aromatic N) is 2. The van der Waals surface area contributed by atoms with E-state index < -0.39 is 10.0 Å². The second-order valence-corrected chi connectivity index (χ2v) is 8.26. The van der Waals surface area contributed by atoms with Gasteiger partial charge in [0.15, 0.2) is 0 Å². The van der Waals surface area contributed by atoms with Gasteiger partial charge in [-0.25, -0.2) is 8.42 Å². The standard InChI is InChI=1S/C16H25N3O2S/c1-14-6-10-19(11-7-14)22(20,21)16-4-2-15(3-5-16)18-12-8-17-9-13-18/h2-5,14,17H,6-13H2,1H3. The Labute approximate surface area is 133 Å². The molecule has 0 saturated carbocycles. The second kappa shape index (κ2) is 6.56. The van der Waals surface area contributed by atoms with Crippen molar-refractivity contribution in [1.82, 2.24) is 9.62 Å². The Bertz CT molecular complexity index is 586. The summed E-state index contributed by atoms with van der Waals surface area (Å²) in [6.07, 6.45) is 1.91. The van der Waals surface area contributed by atoms with Crippen molar-refractivity contribution in [2.75, 3.05) is 44.2 Å². The Morgan fingerprint density at radius 1 is 1.00 bits per heavy atom. The zero-order valence-electron chi connectivity index (χ0n) is 13.2. The zero-order valence-corrected chi connectivity index (χ0v) is 14.0. The van der Waals surface area contributed by atoms with Crippen LogP contribution >= 0.6 is 0 Å². The van der Waals surface area contributed by atoms with Crippen LogP contribution < -0.4 is 10.2 Å². The Balaban J connectivity index is 1.74. The van der Waals surface area contributed by atoms with Gasteiger partial charge in [-0.05, 0) is 43.0 Å². The number of rotatable bonds is 3. The molecule has 1 aromatic carbocycles. The van der Waals surface area contributed by atoms with E-state index in [2.05, 4.69) is 17.1 Å². The predicted molar refractivity (Wildman–Crippen MR) is 88.7 cm³/mol. The largest absolute Gasteiger partial charge is 0.369 e. The maximum absolute atomic E-state index is 12.7. The summed E-state index contributed by atoms with van der Waals surface area (Å²) in [5, 5.41) is 3.32. The average molecular weight is 323 g/mol. The van der Waals surface area contributed by atoms with Gasteiger partial charge < -0.3 is 10.2 Å². The molecule has 0 spiro atoms. The predicted octanol–water partition coefficient (Wildman–Crippen LogP) is 1.52. The molecule has 2 saturated heterocycles. The number of piperidine rings is 1. The number of anilines is 1. The first-order valence-corrected chi connectivity index (χ1v) is 9.57. The highest BCUT2D eigenvalue weighted by atomic mass is 32.2. The molecule has 22 heavy (non-hydrogen) atoms. The molecule has 1 N–H and O–H groups in total. The van der Waals surface area contributed by atoms with Crippen molar-refractivity contribution in [2.24, 2.45) is 5.92 Å². The zero-order chi connectivity index (χ0) is 15.6. The third kappa shape index (κ3) is 3.29. The van der Waals surface area contributed by atoms with E-state index >= 15 is 0 Å². The van der Waals surface area contributed by atoms with E-state index in [-0.39, 0.29) is 0 Å². The highest BCUT2D eigenvalue weighted by molar-refractivity contribution is 7.89. The minimum Gasteiger partial charge on any atom is -0.369 e. The van der Waals surface area contributed by atoms with E-state index in [1.54, 1.807) is 16.4 Å². The summed E-state index contributed by atoms with van der Waals surface area (Å²) >= 11 is 0. The van der Waals surface area contributed by atoms with Crippen molar-refractivity contribution < 1.29 is 8.42 Å². The van der Waals surface area contributed by atoms with Crippen molar-refractivity contribution in [3.63, 3.8) is 0 Å². The summed E-state index contributed by atoms with van der Waals surface area (Å²) in [7, 11) is -3.33. The van der Waals surface area contributed by atoms with Gasteiger partial charge in [-0.2, -0.15) is 4.31 Å². The molecule has 2 fully saturated rings. The Kier molecular flexibility index (Phi) is 4.70. The van der Waals surface area contributed by atoms with Crippen molar-refractivity contribution in [3.8, 4) is 0 Å². The number of sulfonamides is 1. The maximum Gasteiger partial charge on any atom is 0.243 e. The fourth-order valence-corrected chi connectivity index (χ4v) is 4.60. The molecular weight excluding hydrogens is 298 g/mol. The van der Waals surface area contributed by atoms with Crippen LogP contribution in [0.2, 0.25) is 0 Å². The van der Waals surface area contributed by atoms with E-state index in [1.807, 2.05) is 12.1 Å². The quantitative estimate of drug-likeness (QED) is 0.916. The minimum absolute atomic E-state index is 0.418. The highest BCUT2D eigenvalue weighted by Gasteiger charge is 2.28. The Morgan fingerprint density at radius 3 is 2.18 bits per heavy atom. The topological polar surface area (TPSA) is 52.7 Å². The summed E-state index contributed by atoms with van der Waals surface area (Å²) in [5.41, 5.74) is 1.10. The molecule has 0 atom stereocenters. The van der Waals surface area contributed by atoms with Crippen molar-refractivity contribution in [1.29, 1.82) is 0 Å². The van der Waals surface area contributed by atoms with Gasteiger partial charge >= 0.3 is 0 Å². The van der Waals surface area contributed by atoms with E-state index in [9.17, 15) is 8.42 Å². The first kappa shape index (κ1) is 15.8. The molecule has 6 heteroatoms. The fourth-order valence-electron chi connectivity index (χ4n) is 3.13. The van der Waals surface area contributed by atoms with Crippen LogP contribution in [0, 0.1) is 5.92 Å². The van der Waals surface area contributed by atoms with Crippen LogP contribution in [0.4, 0.5) is 5.69 Å². The lowest BCUT2D eigenvalue weighted by Crippen LogP contribution is -2.43. The maximum atomic E-state index is 12.7. The molecule has 0 amide bonds. The van der Waals surface area contributed by atoms with Crippen molar-refractivity contribution >= 4 is 15.7 Å². The van der Waals surface area contributed by atoms with Crippen molar-refractivity contribution in [3.05, 3.63) is 24.3 Å². The van der Waals surface area contributed by atoms with E-state index in [1.165, 1.54) is 0 Å². The number of benzene rings is 1. The minimum atomic E-state index is -3.33. The number of hydrogen-bond donors (Lipinski definition) is 1. The first-order valence-electron chi connectivity index (χ1n) is 8.13. The molecule has 2 aliphatic rings. The number of nitrogens with one attached hydrogen (secondary N) is 1. The highest BCUT2D eigenvalue weighted by Crippen LogP contribution is 2.25. The molecule has 5 nitrogen and oxygen atoms in total. The molecule has 3 rings (SSSR count). The molecule has 1 aromatic rings. The van der Waals surface area contributed by atoms with Gasteiger partial charge in [0.05, 0.1) is 4.90 Å². The first-order chi connectivity index (χ1) is 10.6. The SMILES string of the molecule is CC1CCN(S(=O)(=O)c2ccc(N3CCNCC3)cc2)CC1. The van der Waals surface area contributed by atoms with Crippen LogP contribution in [-0.4, -0.2) is 52.0 Å². The van der Waals surface area contributed by atoms with Gasteiger partial charge in [0.25, 0.3) is 0 Å². The number of piperazine rings is 1. The van der Waals surface area contributed by atoms with Gasteiger partial charge in [-0.15, -0.1) is 0 Å². The molecule has 122 valence electrons. The molecule has 0 aromatic heterocycles. The Hall–Kier alpha value is -1.11. The van der Waals surface area contributed by atoms with Gasteiger partial charge in [0.1, 0.15) is 0 Å². The van der Waals surface area contributed by atoms with Crippen LogP contribution in [0.25, 0.3) is 0 Å². The lowest BCUT2D eigenvalue weighted by Gasteiger charge is -2.31. The molecule has 2 heterocycles. The van der Waals surface area contributed by atoms with Crippen LogP contribution in [0.1, 0.15) is 19.8 Å². The summed E-state index contributed by atoms with van der Waals surface area (Å²) in [6, 6.07) is 7.38. The van der Waals surface area contributed by atoms with Gasteiger partial charge in [-0.3, -0.25) is 0 Å². The van der Waals surface area contributed by atoms with Crippen molar-refractivity contribution in [2.45, 2.75) is 24.7 Å². The van der Waals surface area contributed by atoms with E-state index in [0.717, 1.165) is 44.7 Å². The summed E-state index contributed by atoms with van der Waals surface area (Å²) in [4.78, 5) is 2.70. The Morgan fingerprint density at radius 2 is 1.59 bits per heavy atom. The van der Waals surface area contributed by atoms with Crippen LogP contribution in [0.3, 0.4) is 0 Å². The summed E-state index contributed by atoms with van der Waals surface area (Å²) < 4.78 is 27.0.